The Bertz CT molecular complexity index is 1360. The molecule has 0 aromatic carbocycles. The van der Waals surface area contributed by atoms with Gasteiger partial charge >= 0.3 is 11.9 Å². The molecule has 0 aromatic heterocycles. The molecule has 522 valence electrons. The van der Waals surface area contributed by atoms with Gasteiger partial charge in [0.15, 0.2) is 6.10 Å². The summed E-state index contributed by atoms with van der Waals surface area (Å²) in [5.41, 5.74) is 0. The zero-order valence-electron chi connectivity index (χ0n) is 60.3. The first kappa shape index (κ1) is 86.4. The SMILES string of the molecule is CCCCCCC/C=C\C/C=C\CCCCCCCCCCCCCCCCCCCCCCCCCCCCCCCC(=O)OC(CO)COC(=O)CCCCCCCCCCCCCCCCCCCCCCCCCCCCCCCCCCC. The van der Waals surface area contributed by atoms with E-state index in [1.807, 2.05) is 0 Å². The van der Waals surface area contributed by atoms with Crippen molar-refractivity contribution in [2.45, 2.75) is 482 Å². The van der Waals surface area contributed by atoms with E-state index in [1.165, 1.54) is 411 Å². The number of hydrogen-bond donors (Lipinski definition) is 1. The van der Waals surface area contributed by atoms with Gasteiger partial charge in [-0.25, -0.2) is 0 Å². The second-order valence-corrected chi connectivity index (χ2v) is 28.2. The van der Waals surface area contributed by atoms with Crippen molar-refractivity contribution in [3.05, 3.63) is 24.3 Å². The van der Waals surface area contributed by atoms with Crippen molar-refractivity contribution in [1.82, 2.24) is 0 Å². The molecule has 0 radical (unpaired) electrons. The maximum atomic E-state index is 12.4. The number of ether oxygens (including phenoxy) is 2. The van der Waals surface area contributed by atoms with E-state index in [4.69, 9.17) is 9.47 Å². The molecular formula is C83H160O5. The molecule has 0 heterocycles. The molecule has 1 atom stereocenters. The molecule has 0 aliphatic rings. The summed E-state index contributed by atoms with van der Waals surface area (Å²) in [6.07, 6.45) is 106. The quantitative estimate of drug-likeness (QED) is 0.0373. The lowest BCUT2D eigenvalue weighted by Gasteiger charge is -2.15. The highest BCUT2D eigenvalue weighted by Crippen LogP contribution is 2.21. The summed E-state index contributed by atoms with van der Waals surface area (Å²) in [6, 6.07) is 0. The first-order chi connectivity index (χ1) is 43.6. The Balaban J connectivity index is 3.34. The van der Waals surface area contributed by atoms with Gasteiger partial charge in [-0.1, -0.05) is 443 Å². The van der Waals surface area contributed by atoms with Crippen molar-refractivity contribution < 1.29 is 24.2 Å². The van der Waals surface area contributed by atoms with E-state index >= 15 is 0 Å². The monoisotopic (exact) mass is 1240 g/mol. The van der Waals surface area contributed by atoms with E-state index in [2.05, 4.69) is 38.2 Å². The highest BCUT2D eigenvalue weighted by atomic mass is 16.6. The second kappa shape index (κ2) is 79.6. The van der Waals surface area contributed by atoms with Crippen molar-refractivity contribution in [2.24, 2.45) is 0 Å². The number of hydrogen-bond acceptors (Lipinski definition) is 5. The first-order valence-corrected chi connectivity index (χ1v) is 40.9. The Kier molecular flexibility index (Phi) is 78.2. The third-order valence-corrected chi connectivity index (χ3v) is 19.2. The van der Waals surface area contributed by atoms with Crippen molar-refractivity contribution in [1.29, 1.82) is 0 Å². The van der Waals surface area contributed by atoms with Crippen LogP contribution in [-0.2, 0) is 19.1 Å². The molecule has 0 spiro atoms. The van der Waals surface area contributed by atoms with Gasteiger partial charge in [-0.2, -0.15) is 0 Å². The molecule has 5 heteroatoms. The van der Waals surface area contributed by atoms with E-state index in [-0.39, 0.29) is 25.2 Å². The fourth-order valence-corrected chi connectivity index (χ4v) is 13.1. The summed E-state index contributed by atoms with van der Waals surface area (Å²) in [7, 11) is 0. The normalized spacial score (nSPS) is 12.2. The number of esters is 2. The maximum Gasteiger partial charge on any atom is 0.306 e. The lowest BCUT2D eigenvalue weighted by Crippen LogP contribution is -2.28. The van der Waals surface area contributed by atoms with E-state index in [9.17, 15) is 14.7 Å². The molecule has 0 saturated carbocycles. The van der Waals surface area contributed by atoms with Crippen LogP contribution in [0.25, 0.3) is 0 Å². The first-order valence-electron chi connectivity index (χ1n) is 40.9. The zero-order valence-corrected chi connectivity index (χ0v) is 60.3. The van der Waals surface area contributed by atoms with Crippen LogP contribution in [0.5, 0.6) is 0 Å². The Morgan fingerprint density at radius 2 is 0.455 bits per heavy atom. The average Bonchev–Trinajstić information content (AvgIpc) is 3.56. The molecule has 0 saturated heterocycles. The van der Waals surface area contributed by atoms with Crippen LogP contribution in [0.15, 0.2) is 24.3 Å². The third-order valence-electron chi connectivity index (χ3n) is 19.2. The summed E-state index contributed by atoms with van der Waals surface area (Å²) < 4.78 is 10.8. The zero-order chi connectivity index (χ0) is 63.3. The smallest absolute Gasteiger partial charge is 0.306 e. The standard InChI is InChI=1S/C83H160O5/c1-3-5-7-9-11-13-15-17-19-21-23-25-27-29-31-33-35-37-38-39-40-41-42-43-44-46-48-50-52-54-56-58-60-62-64-66-68-70-72-74-76-78-83(86)88-81(79-84)80-87-82(85)77-75-73-71-69-67-65-63-61-59-57-55-53-51-49-47-45-36-34-32-30-28-26-24-22-20-18-16-14-12-10-8-6-4-2/h15,17,21,23,81,84H,3-14,16,18-20,22,24-80H2,1-2H3/b17-15-,23-21-. The van der Waals surface area contributed by atoms with E-state index < -0.39 is 6.10 Å². The number of rotatable bonds is 78. The molecule has 0 fully saturated rings. The van der Waals surface area contributed by atoms with E-state index in [1.54, 1.807) is 0 Å². The molecule has 0 aliphatic carbocycles. The molecule has 0 aromatic rings. The minimum absolute atomic E-state index is 0.0565. The average molecular weight is 1240 g/mol. The predicted octanol–water partition coefficient (Wildman–Crippen LogP) is 28.7. The summed E-state index contributed by atoms with van der Waals surface area (Å²) in [4.78, 5) is 24.7. The highest BCUT2D eigenvalue weighted by molar-refractivity contribution is 5.70. The number of carbonyl (C=O) groups is 2. The Labute approximate surface area is 553 Å². The Morgan fingerprint density at radius 1 is 0.261 bits per heavy atom. The second-order valence-electron chi connectivity index (χ2n) is 28.2. The van der Waals surface area contributed by atoms with Gasteiger partial charge in [0.25, 0.3) is 0 Å². The van der Waals surface area contributed by atoms with Gasteiger partial charge in [0.1, 0.15) is 6.61 Å². The summed E-state index contributed by atoms with van der Waals surface area (Å²) in [5, 5.41) is 9.73. The van der Waals surface area contributed by atoms with Crippen LogP contribution in [0.1, 0.15) is 476 Å². The number of allylic oxidation sites excluding steroid dienone is 4. The summed E-state index contributed by atoms with van der Waals surface area (Å²) in [6.45, 7) is 4.21. The van der Waals surface area contributed by atoms with Crippen LogP contribution >= 0.6 is 0 Å². The van der Waals surface area contributed by atoms with Crippen molar-refractivity contribution in [3.8, 4) is 0 Å². The van der Waals surface area contributed by atoms with Crippen LogP contribution in [0.4, 0.5) is 0 Å². The molecule has 0 aliphatic heterocycles. The van der Waals surface area contributed by atoms with Gasteiger partial charge in [-0.05, 0) is 44.9 Å². The highest BCUT2D eigenvalue weighted by Gasteiger charge is 2.16. The van der Waals surface area contributed by atoms with Crippen LogP contribution in [0, 0.1) is 0 Å². The van der Waals surface area contributed by atoms with Crippen molar-refractivity contribution in [2.75, 3.05) is 13.2 Å². The maximum absolute atomic E-state index is 12.4. The van der Waals surface area contributed by atoms with Gasteiger partial charge in [-0.3, -0.25) is 9.59 Å². The molecule has 88 heavy (non-hydrogen) atoms. The predicted molar refractivity (Wildman–Crippen MR) is 390 cm³/mol. The molecule has 0 rings (SSSR count). The molecule has 1 unspecified atom stereocenters. The Hall–Kier alpha value is -1.62. The molecular weight excluding hydrogens is 1080 g/mol. The number of aliphatic hydroxyl groups is 1. The summed E-state index contributed by atoms with van der Waals surface area (Å²) >= 11 is 0. The van der Waals surface area contributed by atoms with E-state index in [0.29, 0.717) is 12.8 Å². The number of aliphatic hydroxyl groups excluding tert-OH is 1. The van der Waals surface area contributed by atoms with Crippen molar-refractivity contribution in [3.63, 3.8) is 0 Å². The largest absolute Gasteiger partial charge is 0.462 e. The molecule has 0 amide bonds. The van der Waals surface area contributed by atoms with Gasteiger partial charge < -0.3 is 14.6 Å². The van der Waals surface area contributed by atoms with E-state index in [0.717, 1.165) is 38.5 Å². The van der Waals surface area contributed by atoms with Gasteiger partial charge in [0.2, 0.25) is 0 Å². The number of carbonyl (C=O) groups excluding carboxylic acids is 2. The number of unbranched alkanes of at least 4 members (excludes halogenated alkanes) is 66. The molecule has 5 nitrogen and oxygen atoms in total. The fraction of sp³-hybridized carbons (Fsp3) is 0.928. The minimum atomic E-state index is -0.768. The lowest BCUT2D eigenvalue weighted by molar-refractivity contribution is -0.161. The molecule has 1 N–H and O–H groups in total. The van der Waals surface area contributed by atoms with Gasteiger partial charge in [0, 0.05) is 12.8 Å². The molecule has 0 bridgehead atoms. The van der Waals surface area contributed by atoms with Crippen LogP contribution in [-0.4, -0.2) is 36.4 Å². The van der Waals surface area contributed by atoms with Crippen LogP contribution in [0.2, 0.25) is 0 Å². The van der Waals surface area contributed by atoms with Crippen LogP contribution < -0.4 is 0 Å². The van der Waals surface area contributed by atoms with Crippen LogP contribution in [0.3, 0.4) is 0 Å². The summed E-state index contributed by atoms with van der Waals surface area (Å²) in [5.74, 6) is -0.558. The lowest BCUT2D eigenvalue weighted by atomic mass is 10.0. The van der Waals surface area contributed by atoms with Crippen molar-refractivity contribution >= 4 is 11.9 Å². The minimum Gasteiger partial charge on any atom is -0.462 e. The van der Waals surface area contributed by atoms with Gasteiger partial charge in [0.05, 0.1) is 6.61 Å². The third kappa shape index (κ3) is 76.8. The Morgan fingerprint density at radius 3 is 0.670 bits per heavy atom. The topological polar surface area (TPSA) is 72.8 Å². The van der Waals surface area contributed by atoms with Gasteiger partial charge in [-0.15, -0.1) is 0 Å². The fourth-order valence-electron chi connectivity index (χ4n) is 13.1.